The molecule has 25 heavy (non-hydrogen) atoms. The molecular weight excluding hydrogens is 316 g/mol. The van der Waals surface area contributed by atoms with Crippen molar-refractivity contribution < 1.29 is 9.53 Å². The summed E-state index contributed by atoms with van der Waals surface area (Å²) < 4.78 is 5.38. The second-order valence-corrected chi connectivity index (χ2v) is 5.78. The zero-order chi connectivity index (χ0) is 17.8. The average Bonchev–Trinajstić information content (AvgIpc) is 2.66. The molecule has 5 heteroatoms. The van der Waals surface area contributed by atoms with Gasteiger partial charge in [0.1, 0.15) is 11.4 Å². The van der Waals surface area contributed by atoms with Gasteiger partial charge >= 0.3 is 0 Å². The number of aromatic amines is 1. The number of methoxy groups -OCH3 is 1. The van der Waals surface area contributed by atoms with Gasteiger partial charge in [0.2, 0.25) is 0 Å². The SMILES string of the molecule is CCC(NC(=O)c1cc2ccccc2c(=O)[nH]1)c1ccccc1OC. The van der Waals surface area contributed by atoms with E-state index < -0.39 is 0 Å². The van der Waals surface area contributed by atoms with Gasteiger partial charge in [-0.15, -0.1) is 0 Å². The van der Waals surface area contributed by atoms with Crippen molar-refractivity contribution in [2.75, 3.05) is 7.11 Å². The van der Waals surface area contributed by atoms with Gasteiger partial charge in [0.25, 0.3) is 11.5 Å². The molecule has 0 radical (unpaired) electrons. The maximum absolute atomic E-state index is 12.7. The van der Waals surface area contributed by atoms with E-state index in [0.29, 0.717) is 11.8 Å². The van der Waals surface area contributed by atoms with Gasteiger partial charge in [-0.1, -0.05) is 43.3 Å². The first-order chi connectivity index (χ1) is 12.1. The van der Waals surface area contributed by atoms with Crippen molar-refractivity contribution in [1.82, 2.24) is 10.3 Å². The van der Waals surface area contributed by atoms with Crippen LogP contribution in [0.25, 0.3) is 10.8 Å². The Hall–Kier alpha value is -3.08. The molecule has 1 heterocycles. The molecule has 1 atom stereocenters. The number of ether oxygens (including phenoxy) is 1. The van der Waals surface area contributed by atoms with Crippen LogP contribution in [0.4, 0.5) is 0 Å². The highest BCUT2D eigenvalue weighted by Crippen LogP contribution is 2.27. The summed E-state index contributed by atoms with van der Waals surface area (Å²) in [5.74, 6) is 0.405. The number of hydrogen-bond acceptors (Lipinski definition) is 3. The van der Waals surface area contributed by atoms with Gasteiger partial charge in [0.05, 0.1) is 13.2 Å². The number of amides is 1. The van der Waals surface area contributed by atoms with Crippen LogP contribution >= 0.6 is 0 Å². The van der Waals surface area contributed by atoms with Gasteiger partial charge in [-0.05, 0) is 30.0 Å². The number of H-pyrrole nitrogens is 1. The fourth-order valence-electron chi connectivity index (χ4n) is 2.92. The molecule has 3 rings (SSSR count). The lowest BCUT2D eigenvalue weighted by molar-refractivity contribution is 0.0930. The van der Waals surface area contributed by atoms with Crippen molar-refractivity contribution in [3.63, 3.8) is 0 Å². The zero-order valence-corrected chi connectivity index (χ0v) is 14.2. The Morgan fingerprint density at radius 2 is 1.88 bits per heavy atom. The van der Waals surface area contributed by atoms with E-state index in [1.54, 1.807) is 25.3 Å². The minimum atomic E-state index is -0.319. The molecule has 0 aliphatic heterocycles. The van der Waals surface area contributed by atoms with Crippen LogP contribution in [0.3, 0.4) is 0 Å². The van der Waals surface area contributed by atoms with Crippen molar-refractivity contribution in [1.29, 1.82) is 0 Å². The third-order valence-corrected chi connectivity index (χ3v) is 4.23. The minimum Gasteiger partial charge on any atom is -0.496 e. The van der Waals surface area contributed by atoms with Gasteiger partial charge in [-0.2, -0.15) is 0 Å². The molecule has 5 nitrogen and oxygen atoms in total. The number of hydrogen-bond donors (Lipinski definition) is 2. The average molecular weight is 336 g/mol. The number of fused-ring (bicyclic) bond motifs is 1. The molecule has 0 fully saturated rings. The number of rotatable bonds is 5. The van der Waals surface area contributed by atoms with E-state index in [1.807, 2.05) is 43.3 Å². The van der Waals surface area contributed by atoms with Crippen molar-refractivity contribution in [3.05, 3.63) is 76.2 Å². The lowest BCUT2D eigenvalue weighted by Gasteiger charge is -2.20. The number of para-hydroxylation sites is 1. The molecule has 0 spiro atoms. The molecular formula is C20H20N2O3. The highest BCUT2D eigenvalue weighted by atomic mass is 16.5. The van der Waals surface area contributed by atoms with Crippen molar-refractivity contribution in [2.24, 2.45) is 0 Å². The normalized spacial score (nSPS) is 11.9. The van der Waals surface area contributed by atoms with Gasteiger partial charge in [0, 0.05) is 10.9 Å². The van der Waals surface area contributed by atoms with E-state index in [0.717, 1.165) is 16.7 Å². The number of aromatic nitrogens is 1. The molecule has 2 N–H and O–H groups in total. The van der Waals surface area contributed by atoms with Gasteiger partial charge in [-0.25, -0.2) is 0 Å². The van der Waals surface area contributed by atoms with Gasteiger partial charge in [0.15, 0.2) is 0 Å². The first-order valence-corrected chi connectivity index (χ1v) is 8.20. The van der Waals surface area contributed by atoms with Crippen molar-refractivity contribution in [2.45, 2.75) is 19.4 Å². The largest absolute Gasteiger partial charge is 0.496 e. The molecule has 1 aromatic heterocycles. The van der Waals surface area contributed by atoms with E-state index in [-0.39, 0.29) is 23.2 Å². The summed E-state index contributed by atoms with van der Waals surface area (Å²) in [5.41, 5.74) is 0.884. The number of carbonyl (C=O) groups is 1. The quantitative estimate of drug-likeness (QED) is 0.750. The maximum Gasteiger partial charge on any atom is 0.268 e. The first-order valence-electron chi connectivity index (χ1n) is 8.20. The summed E-state index contributed by atoms with van der Waals surface area (Å²) in [4.78, 5) is 27.5. The van der Waals surface area contributed by atoms with Gasteiger partial charge < -0.3 is 15.0 Å². The second kappa shape index (κ2) is 7.21. The summed E-state index contributed by atoms with van der Waals surface area (Å²) in [5, 5.41) is 4.28. The van der Waals surface area contributed by atoms with Crippen LogP contribution in [0.5, 0.6) is 5.75 Å². The van der Waals surface area contributed by atoms with Crippen LogP contribution in [-0.2, 0) is 0 Å². The fraction of sp³-hybridized carbons (Fsp3) is 0.200. The highest BCUT2D eigenvalue weighted by Gasteiger charge is 2.18. The number of nitrogens with one attached hydrogen (secondary N) is 2. The summed E-state index contributed by atoms with van der Waals surface area (Å²) in [6.45, 7) is 1.99. The zero-order valence-electron chi connectivity index (χ0n) is 14.2. The molecule has 0 bridgehead atoms. The second-order valence-electron chi connectivity index (χ2n) is 5.78. The predicted molar refractivity (Wildman–Crippen MR) is 98.1 cm³/mol. The summed E-state index contributed by atoms with van der Waals surface area (Å²) in [7, 11) is 1.61. The molecule has 0 saturated heterocycles. The number of pyridine rings is 1. The van der Waals surface area contributed by atoms with Crippen LogP contribution in [0, 0.1) is 0 Å². The fourth-order valence-corrected chi connectivity index (χ4v) is 2.92. The lowest BCUT2D eigenvalue weighted by Crippen LogP contribution is -2.30. The molecule has 3 aromatic rings. The van der Waals surface area contributed by atoms with Crippen LogP contribution in [0.2, 0.25) is 0 Å². The van der Waals surface area contributed by atoms with Crippen molar-refractivity contribution >= 4 is 16.7 Å². The standard InChI is InChI=1S/C20H20N2O3/c1-3-16(15-10-6-7-11-18(15)25-2)21-20(24)17-12-13-8-4-5-9-14(13)19(23)22-17/h4-12,16H,3H2,1-2H3,(H,21,24)(H,22,23). The van der Waals surface area contributed by atoms with Crippen LogP contribution in [0.15, 0.2) is 59.4 Å². The van der Waals surface area contributed by atoms with E-state index in [4.69, 9.17) is 4.74 Å². The predicted octanol–water partition coefficient (Wildman–Crippen LogP) is 3.42. The van der Waals surface area contributed by atoms with Gasteiger partial charge in [-0.3, -0.25) is 9.59 Å². The molecule has 128 valence electrons. The minimum absolute atomic E-state index is 0.210. The molecule has 0 aliphatic carbocycles. The molecule has 1 amide bonds. The van der Waals surface area contributed by atoms with E-state index in [1.165, 1.54) is 0 Å². The molecule has 2 aromatic carbocycles. The van der Waals surface area contributed by atoms with E-state index >= 15 is 0 Å². The third kappa shape index (κ3) is 3.40. The monoisotopic (exact) mass is 336 g/mol. The van der Waals surface area contributed by atoms with E-state index in [9.17, 15) is 9.59 Å². The van der Waals surface area contributed by atoms with Crippen LogP contribution in [-0.4, -0.2) is 18.0 Å². The molecule has 1 unspecified atom stereocenters. The van der Waals surface area contributed by atoms with Crippen molar-refractivity contribution in [3.8, 4) is 5.75 Å². The summed E-state index contributed by atoms with van der Waals surface area (Å²) in [6.07, 6.45) is 0.698. The molecule has 0 aliphatic rings. The third-order valence-electron chi connectivity index (χ3n) is 4.23. The molecule has 0 saturated carbocycles. The number of benzene rings is 2. The van der Waals surface area contributed by atoms with Crippen LogP contribution in [0.1, 0.15) is 35.4 Å². The van der Waals surface area contributed by atoms with Crippen LogP contribution < -0.4 is 15.6 Å². The smallest absolute Gasteiger partial charge is 0.268 e. The number of carbonyl (C=O) groups excluding carboxylic acids is 1. The Balaban J connectivity index is 1.91. The van der Waals surface area contributed by atoms with E-state index in [2.05, 4.69) is 10.3 Å². The lowest BCUT2D eigenvalue weighted by atomic mass is 10.0. The maximum atomic E-state index is 12.7. The Morgan fingerprint density at radius 1 is 1.16 bits per heavy atom. The Bertz CT molecular complexity index is 962. The topological polar surface area (TPSA) is 71.2 Å². The first kappa shape index (κ1) is 16.8. The Labute approximate surface area is 145 Å². The Morgan fingerprint density at radius 3 is 2.64 bits per heavy atom. The summed E-state index contributed by atoms with van der Waals surface area (Å²) in [6, 6.07) is 16.3. The highest BCUT2D eigenvalue weighted by molar-refractivity contribution is 5.96. The summed E-state index contributed by atoms with van der Waals surface area (Å²) >= 11 is 0. The Kier molecular flexibility index (Phi) is 4.84.